The summed E-state index contributed by atoms with van der Waals surface area (Å²) < 4.78 is 0. The molecule has 0 saturated carbocycles. The smallest absolute Gasteiger partial charge is 0.0431 e. The molecule has 0 heterocycles. The zero-order chi connectivity index (χ0) is 40.6. The maximum absolute atomic E-state index is 10.3. The van der Waals surface area contributed by atoms with Gasteiger partial charge in [0.1, 0.15) is 0 Å². The summed E-state index contributed by atoms with van der Waals surface area (Å²) in [4.78, 5) is 0. The summed E-state index contributed by atoms with van der Waals surface area (Å²) in [5.41, 5.74) is 12.4. The van der Waals surface area contributed by atoms with Gasteiger partial charge in [0, 0.05) is 12.0 Å². The van der Waals surface area contributed by atoms with Crippen molar-refractivity contribution in [1.82, 2.24) is 0 Å². The zero-order valence-electron chi connectivity index (χ0n) is 35.1. The predicted octanol–water partition coefficient (Wildman–Crippen LogP) is 15.6. The molecule has 0 bridgehead atoms. The molecule has 0 radical (unpaired) electrons. The maximum Gasteiger partial charge on any atom is 0.0431 e. The van der Waals surface area contributed by atoms with Gasteiger partial charge in [-0.3, -0.25) is 0 Å². The third-order valence-electron chi connectivity index (χ3n) is 13.9. The molecule has 0 saturated heterocycles. The van der Waals surface area contributed by atoms with E-state index in [2.05, 4.69) is 188 Å². The summed E-state index contributed by atoms with van der Waals surface area (Å²) >= 11 is 0. The molecule has 1 N–H and O–H groups in total. The Morgan fingerprint density at radius 2 is 0.831 bits per heavy atom. The van der Waals surface area contributed by atoms with E-state index in [4.69, 9.17) is 0 Å². The number of fused-ring (bicyclic) bond motifs is 3. The Morgan fingerprint density at radius 1 is 0.458 bits per heavy atom. The van der Waals surface area contributed by atoms with E-state index in [1.807, 2.05) is 0 Å². The van der Waals surface area contributed by atoms with Crippen molar-refractivity contribution in [3.63, 3.8) is 0 Å². The average Bonchev–Trinajstić information content (AvgIpc) is 3.51. The van der Waals surface area contributed by atoms with Gasteiger partial charge in [0.15, 0.2) is 0 Å². The summed E-state index contributed by atoms with van der Waals surface area (Å²) in [6, 6.07) is 51.4. The van der Waals surface area contributed by atoms with E-state index in [0.29, 0.717) is 6.42 Å². The molecular weight excluding hydrogens is 713 g/mol. The SMILES string of the molecule is C=CC1(CCCO)c2cc(-c3ccc4ccc5cc(C(C)(C)C)cc6ccc3c4c56)ccc2-c2ccc(-c3ccc4ccc5cc(C(C)(C)C)cc6ccc3c4c56)cc21. The number of allylic oxidation sites excluding steroid dienone is 1. The van der Waals surface area contributed by atoms with E-state index < -0.39 is 5.41 Å². The summed E-state index contributed by atoms with van der Waals surface area (Å²) in [5.74, 6) is 0. The summed E-state index contributed by atoms with van der Waals surface area (Å²) in [7, 11) is 0. The maximum atomic E-state index is 10.3. The molecule has 0 spiro atoms. The molecule has 0 unspecified atom stereocenters. The van der Waals surface area contributed by atoms with Crippen LogP contribution in [0.5, 0.6) is 0 Å². The van der Waals surface area contributed by atoms with Gasteiger partial charge in [-0.1, -0.05) is 169 Å². The minimum Gasteiger partial charge on any atom is -0.396 e. The largest absolute Gasteiger partial charge is 0.396 e. The van der Waals surface area contributed by atoms with Gasteiger partial charge in [0.25, 0.3) is 0 Å². The normalized spacial score (nSPS) is 14.1. The highest BCUT2D eigenvalue weighted by Crippen LogP contribution is 2.55. The first-order valence-corrected chi connectivity index (χ1v) is 21.4. The van der Waals surface area contributed by atoms with E-state index in [-0.39, 0.29) is 17.4 Å². The quantitative estimate of drug-likeness (QED) is 0.132. The van der Waals surface area contributed by atoms with Crippen LogP contribution in [0.2, 0.25) is 0 Å². The Labute approximate surface area is 347 Å². The second-order valence-corrected chi connectivity index (χ2v) is 19.4. The van der Waals surface area contributed by atoms with Gasteiger partial charge >= 0.3 is 0 Å². The summed E-state index contributed by atoms with van der Waals surface area (Å²) in [6.45, 7) is 18.5. The highest BCUT2D eigenvalue weighted by atomic mass is 16.2. The van der Waals surface area contributed by atoms with Crippen LogP contribution in [0.25, 0.3) is 98.0 Å². The summed E-state index contributed by atoms with van der Waals surface area (Å²) in [6.07, 6.45) is 3.63. The molecule has 10 aromatic carbocycles. The van der Waals surface area contributed by atoms with Crippen molar-refractivity contribution in [2.75, 3.05) is 6.61 Å². The highest BCUT2D eigenvalue weighted by Gasteiger charge is 2.41. The molecule has 1 nitrogen and oxygen atoms in total. The zero-order valence-corrected chi connectivity index (χ0v) is 35.1. The molecule has 59 heavy (non-hydrogen) atoms. The van der Waals surface area contributed by atoms with Gasteiger partial charge in [-0.15, -0.1) is 6.58 Å². The van der Waals surface area contributed by atoms with Crippen LogP contribution >= 0.6 is 0 Å². The van der Waals surface area contributed by atoms with E-state index >= 15 is 0 Å². The van der Waals surface area contributed by atoms with Crippen molar-refractivity contribution >= 4 is 64.6 Å². The van der Waals surface area contributed by atoms with E-state index in [1.54, 1.807) is 0 Å². The number of hydrogen-bond donors (Lipinski definition) is 1. The van der Waals surface area contributed by atoms with Crippen molar-refractivity contribution in [1.29, 1.82) is 0 Å². The minimum atomic E-state index is -0.445. The first-order chi connectivity index (χ1) is 28.4. The lowest BCUT2D eigenvalue weighted by molar-refractivity contribution is 0.276. The van der Waals surface area contributed by atoms with E-state index in [9.17, 15) is 5.11 Å². The molecule has 11 rings (SSSR count). The first kappa shape index (κ1) is 36.1. The van der Waals surface area contributed by atoms with E-state index in [0.717, 1.165) is 6.42 Å². The summed E-state index contributed by atoms with van der Waals surface area (Å²) in [5, 5.41) is 26.0. The third kappa shape index (κ3) is 5.20. The van der Waals surface area contributed by atoms with Crippen LogP contribution in [0.15, 0.2) is 146 Å². The van der Waals surface area contributed by atoms with Crippen LogP contribution in [0, 0.1) is 0 Å². The Kier molecular flexibility index (Phi) is 7.64. The van der Waals surface area contributed by atoms with Crippen LogP contribution in [0.1, 0.15) is 76.6 Å². The van der Waals surface area contributed by atoms with Crippen molar-refractivity contribution in [3.05, 3.63) is 168 Å². The van der Waals surface area contributed by atoms with Crippen molar-refractivity contribution in [2.24, 2.45) is 0 Å². The average molecular weight is 763 g/mol. The van der Waals surface area contributed by atoms with Crippen LogP contribution in [0.3, 0.4) is 0 Å². The Hall–Kier alpha value is -6.02. The standard InChI is InChI=1S/C58H50O/c1-8-58(26-9-27-59)50-32-36(44-20-14-34-10-12-38-28-42(56(2,3)4)30-40-18-24-48(44)54(34)52(38)40)16-22-46(50)47-23-17-37(33-51(47)58)45-21-15-35-11-13-39-29-43(57(5,6)7)31-41-19-25-49(45)55(35)53(39)41/h8,10-25,28-33,59H,1,9,26-27H2,2-7H3. The lowest BCUT2D eigenvalue weighted by atomic mass is 9.73. The van der Waals surface area contributed by atoms with Gasteiger partial charge in [0.2, 0.25) is 0 Å². The van der Waals surface area contributed by atoms with Gasteiger partial charge in [-0.05, 0) is 156 Å². The first-order valence-electron chi connectivity index (χ1n) is 21.4. The monoisotopic (exact) mass is 762 g/mol. The third-order valence-corrected chi connectivity index (χ3v) is 13.9. The van der Waals surface area contributed by atoms with Gasteiger partial charge in [0.05, 0.1) is 0 Å². The molecule has 0 aromatic heterocycles. The number of aliphatic hydroxyl groups excluding tert-OH is 1. The lowest BCUT2D eigenvalue weighted by Gasteiger charge is -2.29. The molecular formula is C58H50O. The fourth-order valence-electron chi connectivity index (χ4n) is 10.7. The molecule has 288 valence electrons. The highest BCUT2D eigenvalue weighted by molar-refractivity contribution is 6.27. The Morgan fingerprint density at radius 3 is 1.22 bits per heavy atom. The lowest BCUT2D eigenvalue weighted by Crippen LogP contribution is -2.23. The molecule has 0 atom stereocenters. The van der Waals surface area contributed by atoms with Crippen LogP contribution in [0.4, 0.5) is 0 Å². The second kappa shape index (κ2) is 12.5. The van der Waals surface area contributed by atoms with Gasteiger partial charge < -0.3 is 5.11 Å². The van der Waals surface area contributed by atoms with E-state index in [1.165, 1.54) is 120 Å². The molecule has 1 heteroatoms. The minimum absolute atomic E-state index is 0.0742. The Balaban J connectivity index is 1.07. The Bertz CT molecular complexity index is 3090. The fraction of sp³-hybridized carbons (Fsp3) is 0.207. The van der Waals surface area contributed by atoms with Crippen molar-refractivity contribution < 1.29 is 5.11 Å². The van der Waals surface area contributed by atoms with Crippen LogP contribution in [-0.2, 0) is 16.2 Å². The second-order valence-electron chi connectivity index (χ2n) is 19.4. The van der Waals surface area contributed by atoms with Crippen LogP contribution in [-0.4, -0.2) is 11.7 Å². The van der Waals surface area contributed by atoms with Crippen LogP contribution < -0.4 is 0 Å². The molecule has 0 fully saturated rings. The topological polar surface area (TPSA) is 20.2 Å². The molecule has 0 aliphatic heterocycles. The number of hydrogen-bond acceptors (Lipinski definition) is 1. The van der Waals surface area contributed by atoms with Gasteiger partial charge in [-0.2, -0.15) is 0 Å². The number of aliphatic hydroxyl groups is 1. The molecule has 0 amide bonds. The molecule has 1 aliphatic carbocycles. The number of rotatable bonds is 6. The fourth-order valence-corrected chi connectivity index (χ4v) is 10.7. The van der Waals surface area contributed by atoms with Gasteiger partial charge in [-0.25, -0.2) is 0 Å². The molecule has 10 aromatic rings. The van der Waals surface area contributed by atoms with Crippen molar-refractivity contribution in [2.45, 2.75) is 70.6 Å². The predicted molar refractivity (Wildman–Crippen MR) is 255 cm³/mol. The number of benzene rings is 10. The van der Waals surface area contributed by atoms with Crippen molar-refractivity contribution in [3.8, 4) is 33.4 Å². The molecule has 1 aliphatic rings.